The maximum absolute atomic E-state index is 11.8. The fourth-order valence-corrected chi connectivity index (χ4v) is 2.81. The minimum atomic E-state index is -0.0533. The van der Waals surface area contributed by atoms with Gasteiger partial charge >= 0.3 is 6.03 Å². The minimum absolute atomic E-state index is 0.0533. The van der Waals surface area contributed by atoms with E-state index in [1.54, 1.807) is 7.11 Å². The number of amides is 2. The molecule has 114 valence electrons. The molecular formula is C15H20ClN3O2. The highest BCUT2D eigenvalue weighted by Crippen LogP contribution is 2.33. The summed E-state index contributed by atoms with van der Waals surface area (Å²) in [4.78, 5) is 14.0. The molecule has 1 saturated carbocycles. The van der Waals surface area contributed by atoms with E-state index in [2.05, 4.69) is 15.5 Å². The third-order valence-electron chi connectivity index (χ3n) is 3.92. The first kappa shape index (κ1) is 14.3. The lowest BCUT2D eigenvalue weighted by Gasteiger charge is -2.21. The summed E-state index contributed by atoms with van der Waals surface area (Å²) in [6.07, 6.45) is 3.13. The van der Waals surface area contributed by atoms with E-state index in [1.807, 2.05) is 18.2 Å². The van der Waals surface area contributed by atoms with Crippen LogP contribution < -0.4 is 20.3 Å². The van der Waals surface area contributed by atoms with Gasteiger partial charge in [0.15, 0.2) is 0 Å². The molecule has 0 radical (unpaired) electrons. The fourth-order valence-electron chi connectivity index (χ4n) is 2.65. The fraction of sp³-hybridized carbons (Fsp3) is 0.533. The third-order valence-corrected chi connectivity index (χ3v) is 4.15. The lowest BCUT2D eigenvalue weighted by Crippen LogP contribution is -2.44. The SMILES string of the molecule is COc1ccc(Cl)cc1N1CCC(NC(=O)NC2CC2)C1. The second-order valence-electron chi connectivity index (χ2n) is 5.64. The molecule has 1 aromatic carbocycles. The van der Waals surface area contributed by atoms with Crippen molar-refractivity contribution < 1.29 is 9.53 Å². The molecule has 3 rings (SSSR count). The Bertz CT molecular complexity index is 534. The molecule has 2 fully saturated rings. The monoisotopic (exact) mass is 309 g/mol. The van der Waals surface area contributed by atoms with Crippen LogP contribution in [0.4, 0.5) is 10.5 Å². The highest BCUT2D eigenvalue weighted by atomic mass is 35.5. The van der Waals surface area contributed by atoms with E-state index in [9.17, 15) is 4.79 Å². The zero-order valence-corrected chi connectivity index (χ0v) is 12.8. The number of anilines is 1. The van der Waals surface area contributed by atoms with Crippen LogP contribution in [0.25, 0.3) is 0 Å². The van der Waals surface area contributed by atoms with Crippen molar-refractivity contribution in [1.82, 2.24) is 10.6 Å². The van der Waals surface area contributed by atoms with Crippen LogP contribution in [0.2, 0.25) is 5.02 Å². The first-order valence-corrected chi connectivity index (χ1v) is 7.69. The zero-order chi connectivity index (χ0) is 14.8. The van der Waals surface area contributed by atoms with Crippen molar-refractivity contribution in [2.45, 2.75) is 31.3 Å². The number of nitrogens with zero attached hydrogens (tertiary/aromatic N) is 1. The normalized spacial score (nSPS) is 21.2. The number of methoxy groups -OCH3 is 1. The maximum atomic E-state index is 11.8. The Morgan fingerprint density at radius 3 is 2.76 bits per heavy atom. The quantitative estimate of drug-likeness (QED) is 0.898. The second kappa shape index (κ2) is 6.02. The van der Waals surface area contributed by atoms with Crippen LogP contribution in [0.1, 0.15) is 19.3 Å². The van der Waals surface area contributed by atoms with Gasteiger partial charge in [0.2, 0.25) is 0 Å². The van der Waals surface area contributed by atoms with Crippen molar-refractivity contribution in [2.75, 3.05) is 25.1 Å². The number of urea groups is 1. The van der Waals surface area contributed by atoms with E-state index in [4.69, 9.17) is 16.3 Å². The summed E-state index contributed by atoms with van der Waals surface area (Å²) in [6, 6.07) is 6.09. The number of carbonyl (C=O) groups excluding carboxylic acids is 1. The lowest BCUT2D eigenvalue weighted by atomic mass is 10.2. The van der Waals surface area contributed by atoms with Gasteiger partial charge in [0.1, 0.15) is 5.75 Å². The summed E-state index contributed by atoms with van der Waals surface area (Å²) in [5.41, 5.74) is 0.983. The van der Waals surface area contributed by atoms with Crippen LogP contribution in [-0.4, -0.2) is 38.3 Å². The van der Waals surface area contributed by atoms with Gasteiger partial charge in [-0.1, -0.05) is 11.6 Å². The Hall–Kier alpha value is -1.62. The highest BCUT2D eigenvalue weighted by Gasteiger charge is 2.28. The van der Waals surface area contributed by atoms with Crippen LogP contribution in [-0.2, 0) is 0 Å². The number of ether oxygens (including phenoxy) is 1. The minimum Gasteiger partial charge on any atom is -0.495 e. The van der Waals surface area contributed by atoms with E-state index in [1.165, 1.54) is 0 Å². The molecule has 21 heavy (non-hydrogen) atoms. The van der Waals surface area contributed by atoms with Crippen LogP contribution in [0, 0.1) is 0 Å². The molecule has 0 spiro atoms. The molecule has 2 amide bonds. The van der Waals surface area contributed by atoms with Gasteiger partial charge in [0, 0.05) is 30.2 Å². The summed E-state index contributed by atoms with van der Waals surface area (Å²) in [7, 11) is 1.65. The van der Waals surface area contributed by atoms with Crippen LogP contribution in [0.3, 0.4) is 0 Å². The average Bonchev–Trinajstić information content (AvgIpc) is 3.14. The molecule has 1 aromatic rings. The summed E-state index contributed by atoms with van der Waals surface area (Å²) >= 11 is 6.08. The van der Waals surface area contributed by atoms with Gasteiger partial charge in [-0.05, 0) is 37.5 Å². The molecule has 2 aliphatic rings. The number of halogens is 1. The Balaban J connectivity index is 1.60. The van der Waals surface area contributed by atoms with Gasteiger partial charge < -0.3 is 20.3 Å². The van der Waals surface area contributed by atoms with Crippen molar-refractivity contribution in [3.63, 3.8) is 0 Å². The Kier molecular flexibility index (Phi) is 4.10. The Morgan fingerprint density at radius 2 is 2.05 bits per heavy atom. The lowest BCUT2D eigenvalue weighted by molar-refractivity contribution is 0.237. The van der Waals surface area contributed by atoms with E-state index < -0.39 is 0 Å². The smallest absolute Gasteiger partial charge is 0.315 e. The number of hydrogen-bond acceptors (Lipinski definition) is 3. The standard InChI is InChI=1S/C15H20ClN3O2/c1-21-14-5-2-10(16)8-13(14)19-7-6-12(9-19)18-15(20)17-11-3-4-11/h2,5,8,11-12H,3-4,6-7,9H2,1H3,(H2,17,18,20). The van der Waals surface area contributed by atoms with Gasteiger partial charge in [-0.3, -0.25) is 0 Å². The Morgan fingerprint density at radius 1 is 1.29 bits per heavy atom. The van der Waals surface area contributed by atoms with Crippen LogP contribution in [0.15, 0.2) is 18.2 Å². The van der Waals surface area contributed by atoms with Gasteiger partial charge in [-0.15, -0.1) is 0 Å². The zero-order valence-electron chi connectivity index (χ0n) is 12.1. The van der Waals surface area contributed by atoms with Crippen molar-refractivity contribution >= 4 is 23.3 Å². The Labute approximate surface area is 129 Å². The van der Waals surface area contributed by atoms with Crippen molar-refractivity contribution in [2.24, 2.45) is 0 Å². The van der Waals surface area contributed by atoms with Gasteiger partial charge in [0.25, 0.3) is 0 Å². The molecule has 1 aliphatic carbocycles. The van der Waals surface area contributed by atoms with Crippen molar-refractivity contribution in [3.05, 3.63) is 23.2 Å². The predicted octanol–water partition coefficient (Wildman–Crippen LogP) is 2.39. The van der Waals surface area contributed by atoms with E-state index in [0.717, 1.165) is 43.8 Å². The van der Waals surface area contributed by atoms with Crippen molar-refractivity contribution in [1.29, 1.82) is 0 Å². The molecule has 1 heterocycles. The predicted molar refractivity (Wildman–Crippen MR) is 83.3 cm³/mol. The summed E-state index contributed by atoms with van der Waals surface area (Å²) in [5, 5.41) is 6.68. The molecule has 1 saturated heterocycles. The van der Waals surface area contributed by atoms with Gasteiger partial charge in [-0.25, -0.2) is 4.79 Å². The summed E-state index contributed by atoms with van der Waals surface area (Å²) in [6.45, 7) is 1.65. The van der Waals surface area contributed by atoms with E-state index in [0.29, 0.717) is 11.1 Å². The average molecular weight is 310 g/mol. The van der Waals surface area contributed by atoms with E-state index in [-0.39, 0.29) is 12.1 Å². The van der Waals surface area contributed by atoms with Crippen molar-refractivity contribution in [3.8, 4) is 5.75 Å². The first-order valence-electron chi connectivity index (χ1n) is 7.31. The molecule has 0 bridgehead atoms. The first-order chi connectivity index (χ1) is 10.2. The summed E-state index contributed by atoms with van der Waals surface area (Å²) in [5.74, 6) is 0.808. The number of carbonyl (C=O) groups is 1. The molecule has 6 heteroatoms. The third kappa shape index (κ3) is 3.53. The molecule has 1 aliphatic heterocycles. The van der Waals surface area contributed by atoms with Crippen LogP contribution in [0.5, 0.6) is 5.75 Å². The molecule has 0 aromatic heterocycles. The largest absolute Gasteiger partial charge is 0.495 e. The number of benzene rings is 1. The second-order valence-corrected chi connectivity index (χ2v) is 6.08. The molecule has 1 unspecified atom stereocenters. The van der Waals surface area contributed by atoms with Gasteiger partial charge in [-0.2, -0.15) is 0 Å². The number of rotatable bonds is 4. The molecule has 2 N–H and O–H groups in total. The van der Waals surface area contributed by atoms with Gasteiger partial charge in [0.05, 0.1) is 12.8 Å². The molecular weight excluding hydrogens is 290 g/mol. The molecule has 5 nitrogen and oxygen atoms in total. The number of hydrogen-bond donors (Lipinski definition) is 2. The van der Waals surface area contributed by atoms with Crippen LogP contribution >= 0.6 is 11.6 Å². The molecule has 1 atom stereocenters. The highest BCUT2D eigenvalue weighted by molar-refractivity contribution is 6.30. The van der Waals surface area contributed by atoms with E-state index >= 15 is 0 Å². The maximum Gasteiger partial charge on any atom is 0.315 e. The number of nitrogens with one attached hydrogen (secondary N) is 2. The topological polar surface area (TPSA) is 53.6 Å². The summed E-state index contributed by atoms with van der Waals surface area (Å²) < 4.78 is 5.39.